The minimum absolute atomic E-state index is 0.564. The summed E-state index contributed by atoms with van der Waals surface area (Å²) in [5, 5.41) is 4.38. The van der Waals surface area contributed by atoms with Gasteiger partial charge in [0.05, 0.1) is 31.5 Å². The van der Waals surface area contributed by atoms with E-state index in [9.17, 15) is 0 Å². The molecule has 3 aromatic rings. The number of nitrogens with one attached hydrogen (secondary N) is 1. The molecule has 1 saturated heterocycles. The highest BCUT2D eigenvalue weighted by molar-refractivity contribution is 5.91. The second-order valence-corrected chi connectivity index (χ2v) is 6.32. The third-order valence-corrected chi connectivity index (χ3v) is 4.50. The predicted octanol–water partition coefficient (Wildman–Crippen LogP) is 3.53. The largest absolute Gasteiger partial charge is 0.495 e. The van der Waals surface area contributed by atoms with E-state index in [1.807, 2.05) is 43.3 Å². The first-order valence-corrected chi connectivity index (χ1v) is 8.76. The number of nitrogens with zero attached hydrogens (tertiary/aromatic N) is 3. The van der Waals surface area contributed by atoms with Crippen LogP contribution in [-0.4, -0.2) is 43.4 Å². The molecule has 0 aliphatic carbocycles. The van der Waals surface area contributed by atoms with Crippen LogP contribution in [0.4, 0.5) is 17.5 Å². The molecule has 1 aliphatic heterocycles. The SMILES string of the molecule is COc1ccc(C)cc1Nc1nc(N2CCOCC2)c2ccccc2n1. The van der Waals surface area contributed by atoms with Gasteiger partial charge >= 0.3 is 0 Å². The molecule has 2 heterocycles. The van der Waals surface area contributed by atoms with E-state index < -0.39 is 0 Å². The van der Waals surface area contributed by atoms with Crippen LogP contribution in [0.25, 0.3) is 10.9 Å². The zero-order chi connectivity index (χ0) is 17.9. The molecule has 134 valence electrons. The summed E-state index contributed by atoms with van der Waals surface area (Å²) in [6, 6.07) is 14.1. The standard InChI is InChI=1S/C20H22N4O2/c1-14-7-8-18(25-2)17(13-14)22-20-21-16-6-4-3-5-15(16)19(23-20)24-9-11-26-12-10-24/h3-8,13H,9-12H2,1-2H3,(H,21,22,23). The molecule has 6 heteroatoms. The van der Waals surface area contributed by atoms with Crippen LogP contribution in [0.3, 0.4) is 0 Å². The maximum Gasteiger partial charge on any atom is 0.229 e. The number of rotatable bonds is 4. The van der Waals surface area contributed by atoms with E-state index in [4.69, 9.17) is 19.4 Å². The Morgan fingerprint density at radius 3 is 2.69 bits per heavy atom. The predicted molar refractivity (Wildman–Crippen MR) is 104 cm³/mol. The van der Waals surface area contributed by atoms with Crippen molar-refractivity contribution in [2.45, 2.75) is 6.92 Å². The summed E-state index contributed by atoms with van der Waals surface area (Å²) in [7, 11) is 1.66. The summed E-state index contributed by atoms with van der Waals surface area (Å²) in [5.74, 6) is 2.27. The van der Waals surface area contributed by atoms with Gasteiger partial charge in [-0.25, -0.2) is 4.98 Å². The van der Waals surface area contributed by atoms with Gasteiger partial charge in [-0.15, -0.1) is 0 Å². The average Bonchev–Trinajstić information content (AvgIpc) is 2.68. The Kier molecular flexibility index (Phi) is 4.58. The number of hydrogen-bond donors (Lipinski definition) is 1. The number of ether oxygens (including phenoxy) is 2. The third kappa shape index (κ3) is 3.28. The van der Waals surface area contributed by atoms with E-state index in [0.717, 1.165) is 46.8 Å². The Labute approximate surface area is 152 Å². The maximum atomic E-state index is 5.49. The van der Waals surface area contributed by atoms with Crippen LogP contribution in [-0.2, 0) is 4.74 Å². The molecule has 0 bridgehead atoms. The molecule has 0 saturated carbocycles. The summed E-state index contributed by atoms with van der Waals surface area (Å²) in [6.07, 6.45) is 0. The first-order valence-electron chi connectivity index (χ1n) is 8.76. The Hall–Kier alpha value is -2.86. The monoisotopic (exact) mass is 350 g/mol. The van der Waals surface area contributed by atoms with Crippen molar-refractivity contribution in [1.29, 1.82) is 0 Å². The number of hydrogen-bond acceptors (Lipinski definition) is 6. The van der Waals surface area contributed by atoms with Crippen molar-refractivity contribution < 1.29 is 9.47 Å². The Morgan fingerprint density at radius 1 is 1.08 bits per heavy atom. The zero-order valence-electron chi connectivity index (χ0n) is 15.0. The van der Waals surface area contributed by atoms with Gasteiger partial charge in [0.1, 0.15) is 11.6 Å². The average molecular weight is 350 g/mol. The molecule has 0 unspecified atom stereocenters. The van der Waals surface area contributed by atoms with E-state index in [0.29, 0.717) is 19.2 Å². The number of aromatic nitrogens is 2. The van der Waals surface area contributed by atoms with E-state index >= 15 is 0 Å². The fourth-order valence-corrected chi connectivity index (χ4v) is 3.17. The first kappa shape index (κ1) is 16.6. The fourth-order valence-electron chi connectivity index (χ4n) is 3.17. The highest BCUT2D eigenvalue weighted by Crippen LogP contribution is 2.30. The number of aryl methyl sites for hydroxylation is 1. The van der Waals surface area contributed by atoms with Crippen LogP contribution in [0.1, 0.15) is 5.56 Å². The molecule has 2 aromatic carbocycles. The quantitative estimate of drug-likeness (QED) is 0.777. The Bertz CT molecular complexity index is 923. The molecule has 1 N–H and O–H groups in total. The van der Waals surface area contributed by atoms with Crippen LogP contribution in [0.15, 0.2) is 42.5 Å². The summed E-state index contributed by atoms with van der Waals surface area (Å²) in [5.41, 5.74) is 2.91. The number of methoxy groups -OCH3 is 1. The van der Waals surface area contributed by atoms with Crippen molar-refractivity contribution in [2.75, 3.05) is 43.6 Å². The van der Waals surface area contributed by atoms with E-state index in [2.05, 4.69) is 16.3 Å². The molecule has 6 nitrogen and oxygen atoms in total. The highest BCUT2D eigenvalue weighted by atomic mass is 16.5. The van der Waals surface area contributed by atoms with Crippen LogP contribution in [0.2, 0.25) is 0 Å². The van der Waals surface area contributed by atoms with Gasteiger partial charge in [0.25, 0.3) is 0 Å². The third-order valence-electron chi connectivity index (χ3n) is 4.50. The molecule has 1 fully saturated rings. The fraction of sp³-hybridized carbons (Fsp3) is 0.300. The molecule has 0 spiro atoms. The molecule has 0 atom stereocenters. The smallest absolute Gasteiger partial charge is 0.229 e. The molecule has 0 amide bonds. The minimum Gasteiger partial charge on any atom is -0.495 e. The van der Waals surface area contributed by atoms with Crippen LogP contribution in [0.5, 0.6) is 5.75 Å². The molecule has 26 heavy (non-hydrogen) atoms. The molecular weight excluding hydrogens is 328 g/mol. The van der Waals surface area contributed by atoms with Crippen LogP contribution in [0, 0.1) is 6.92 Å². The first-order chi connectivity index (χ1) is 12.7. The van der Waals surface area contributed by atoms with Gasteiger partial charge in [-0.05, 0) is 36.8 Å². The highest BCUT2D eigenvalue weighted by Gasteiger charge is 2.17. The molecular formula is C20H22N4O2. The second-order valence-electron chi connectivity index (χ2n) is 6.32. The van der Waals surface area contributed by atoms with Crippen LogP contribution < -0.4 is 15.0 Å². The zero-order valence-corrected chi connectivity index (χ0v) is 15.0. The van der Waals surface area contributed by atoms with Crippen molar-refractivity contribution >= 4 is 28.4 Å². The van der Waals surface area contributed by atoms with Crippen molar-refractivity contribution in [1.82, 2.24) is 9.97 Å². The lowest BCUT2D eigenvalue weighted by molar-refractivity contribution is 0.122. The lowest BCUT2D eigenvalue weighted by Gasteiger charge is -2.29. The van der Waals surface area contributed by atoms with Crippen molar-refractivity contribution in [3.63, 3.8) is 0 Å². The van der Waals surface area contributed by atoms with Gasteiger partial charge < -0.3 is 19.7 Å². The second kappa shape index (κ2) is 7.17. The summed E-state index contributed by atoms with van der Waals surface area (Å²) in [4.78, 5) is 11.8. The van der Waals surface area contributed by atoms with Gasteiger partial charge in [-0.2, -0.15) is 4.98 Å². The topological polar surface area (TPSA) is 59.5 Å². The minimum atomic E-state index is 0.564. The summed E-state index contributed by atoms with van der Waals surface area (Å²) in [6.45, 7) is 5.13. The normalized spacial score (nSPS) is 14.5. The van der Waals surface area contributed by atoms with Crippen molar-refractivity contribution in [3.8, 4) is 5.75 Å². The van der Waals surface area contributed by atoms with Gasteiger partial charge in [-0.1, -0.05) is 18.2 Å². The van der Waals surface area contributed by atoms with Crippen molar-refractivity contribution in [2.24, 2.45) is 0 Å². The summed E-state index contributed by atoms with van der Waals surface area (Å²) < 4.78 is 10.9. The Balaban J connectivity index is 1.77. The van der Waals surface area contributed by atoms with Gasteiger partial charge in [0, 0.05) is 18.5 Å². The maximum absolute atomic E-state index is 5.49. The Morgan fingerprint density at radius 2 is 1.88 bits per heavy atom. The van der Waals surface area contributed by atoms with Crippen molar-refractivity contribution in [3.05, 3.63) is 48.0 Å². The van der Waals surface area contributed by atoms with Gasteiger partial charge in [-0.3, -0.25) is 0 Å². The number of benzene rings is 2. The van der Waals surface area contributed by atoms with Gasteiger partial charge in [0.2, 0.25) is 5.95 Å². The van der Waals surface area contributed by atoms with Crippen LogP contribution >= 0.6 is 0 Å². The molecule has 1 aliphatic rings. The number of anilines is 3. The number of fused-ring (bicyclic) bond motifs is 1. The summed E-state index contributed by atoms with van der Waals surface area (Å²) >= 11 is 0. The number of para-hydroxylation sites is 1. The molecule has 4 rings (SSSR count). The molecule has 0 radical (unpaired) electrons. The van der Waals surface area contributed by atoms with E-state index in [1.165, 1.54) is 0 Å². The van der Waals surface area contributed by atoms with E-state index in [-0.39, 0.29) is 0 Å². The van der Waals surface area contributed by atoms with E-state index in [1.54, 1.807) is 7.11 Å². The molecule has 1 aromatic heterocycles. The lowest BCUT2D eigenvalue weighted by atomic mass is 10.2. The lowest BCUT2D eigenvalue weighted by Crippen LogP contribution is -2.37. The number of morpholine rings is 1. The van der Waals surface area contributed by atoms with Gasteiger partial charge in [0.15, 0.2) is 0 Å².